The van der Waals surface area contributed by atoms with Crippen LogP contribution in [0.5, 0.6) is 0 Å². The summed E-state index contributed by atoms with van der Waals surface area (Å²) in [6.07, 6.45) is 1.77. The summed E-state index contributed by atoms with van der Waals surface area (Å²) in [6, 6.07) is 14.9. The predicted molar refractivity (Wildman–Crippen MR) is 129 cm³/mol. The van der Waals surface area contributed by atoms with E-state index in [1.807, 2.05) is 50.2 Å². The van der Waals surface area contributed by atoms with Crippen LogP contribution >= 0.6 is 12.4 Å². The van der Waals surface area contributed by atoms with Crippen molar-refractivity contribution in [3.63, 3.8) is 0 Å². The number of carbonyl (C=O) groups excluding carboxylic acids is 2. The third-order valence-corrected chi connectivity index (χ3v) is 5.31. The molecule has 3 rings (SSSR count). The SMILES string of the molecule is Cc1cccc(C)c1NC(=O)OCC(CN1CCCCC1)OC(=O)Nc1ccccc1.Cl. The molecule has 0 radical (unpaired) electrons. The van der Waals surface area contributed by atoms with Crippen LogP contribution in [0.2, 0.25) is 0 Å². The quantitative estimate of drug-likeness (QED) is 0.578. The number of hydrogen-bond donors (Lipinski definition) is 2. The van der Waals surface area contributed by atoms with E-state index in [0.29, 0.717) is 12.2 Å². The largest absolute Gasteiger partial charge is 0.445 e. The van der Waals surface area contributed by atoms with E-state index >= 15 is 0 Å². The van der Waals surface area contributed by atoms with Gasteiger partial charge in [0.15, 0.2) is 6.10 Å². The van der Waals surface area contributed by atoms with Crippen molar-refractivity contribution in [2.75, 3.05) is 36.9 Å². The Morgan fingerprint density at radius 2 is 1.56 bits per heavy atom. The molecule has 1 saturated heterocycles. The molecule has 8 heteroatoms. The number of carbonyl (C=O) groups is 2. The summed E-state index contributed by atoms with van der Waals surface area (Å²) >= 11 is 0. The minimum absolute atomic E-state index is 0. The van der Waals surface area contributed by atoms with Crippen LogP contribution in [0.4, 0.5) is 21.0 Å². The van der Waals surface area contributed by atoms with Crippen molar-refractivity contribution in [1.82, 2.24) is 4.90 Å². The number of aryl methyl sites for hydroxylation is 2. The van der Waals surface area contributed by atoms with Gasteiger partial charge in [-0.3, -0.25) is 15.5 Å². The van der Waals surface area contributed by atoms with Gasteiger partial charge in [-0.25, -0.2) is 9.59 Å². The summed E-state index contributed by atoms with van der Waals surface area (Å²) in [4.78, 5) is 27.0. The van der Waals surface area contributed by atoms with Crippen LogP contribution in [0.15, 0.2) is 48.5 Å². The van der Waals surface area contributed by atoms with E-state index in [-0.39, 0.29) is 19.0 Å². The fourth-order valence-corrected chi connectivity index (χ4v) is 3.69. The topological polar surface area (TPSA) is 79.9 Å². The summed E-state index contributed by atoms with van der Waals surface area (Å²) in [7, 11) is 0. The molecule has 2 N–H and O–H groups in total. The molecule has 0 aliphatic carbocycles. The molecule has 2 aromatic carbocycles. The number of likely N-dealkylation sites (tertiary alicyclic amines) is 1. The second kappa shape index (κ2) is 12.9. The number of rotatable bonds is 7. The average molecular weight is 462 g/mol. The molecule has 0 saturated carbocycles. The third-order valence-electron chi connectivity index (χ3n) is 5.31. The minimum atomic E-state index is -0.564. The highest BCUT2D eigenvalue weighted by atomic mass is 35.5. The maximum atomic E-state index is 12.4. The molecule has 1 fully saturated rings. The van der Waals surface area contributed by atoms with Gasteiger partial charge in [-0.1, -0.05) is 42.8 Å². The van der Waals surface area contributed by atoms with E-state index in [1.54, 1.807) is 12.1 Å². The van der Waals surface area contributed by atoms with Crippen molar-refractivity contribution < 1.29 is 19.1 Å². The lowest BCUT2D eigenvalue weighted by Crippen LogP contribution is -2.41. The van der Waals surface area contributed by atoms with E-state index in [9.17, 15) is 9.59 Å². The second-order valence-electron chi connectivity index (χ2n) is 7.87. The molecule has 1 atom stereocenters. The van der Waals surface area contributed by atoms with Gasteiger partial charge < -0.3 is 9.47 Å². The molecular formula is C24H32ClN3O4. The van der Waals surface area contributed by atoms with Crippen LogP contribution in [-0.4, -0.2) is 49.4 Å². The lowest BCUT2D eigenvalue weighted by atomic mass is 10.1. The second-order valence-corrected chi connectivity index (χ2v) is 7.87. The van der Waals surface area contributed by atoms with Gasteiger partial charge in [-0.05, 0) is 63.0 Å². The molecule has 2 amide bonds. The Morgan fingerprint density at radius 3 is 2.22 bits per heavy atom. The van der Waals surface area contributed by atoms with Gasteiger partial charge in [0.25, 0.3) is 0 Å². The van der Waals surface area contributed by atoms with Crippen molar-refractivity contribution >= 4 is 36.0 Å². The van der Waals surface area contributed by atoms with E-state index < -0.39 is 18.3 Å². The van der Waals surface area contributed by atoms with Crippen molar-refractivity contribution in [3.05, 3.63) is 59.7 Å². The standard InChI is InChI=1S/C24H31N3O4.ClH/c1-18-10-9-11-19(2)22(18)26-23(28)30-17-21(16-27-14-7-4-8-15-27)31-24(29)25-20-12-5-3-6-13-20;/h3,5-6,9-13,21H,4,7-8,14-17H2,1-2H3,(H,25,29)(H,26,28);1H. The van der Waals surface area contributed by atoms with E-state index in [0.717, 1.165) is 42.7 Å². The highest BCUT2D eigenvalue weighted by molar-refractivity contribution is 5.87. The number of anilines is 2. The molecule has 0 aromatic heterocycles. The normalized spacial score (nSPS) is 14.6. The average Bonchev–Trinajstić information content (AvgIpc) is 2.76. The maximum absolute atomic E-state index is 12.4. The number of benzene rings is 2. The van der Waals surface area contributed by atoms with Gasteiger partial charge in [-0.2, -0.15) is 0 Å². The number of amides is 2. The number of piperidine rings is 1. The Bertz CT molecular complexity index is 853. The lowest BCUT2D eigenvalue weighted by molar-refractivity contribution is 0.0299. The first-order chi connectivity index (χ1) is 15.0. The first-order valence-corrected chi connectivity index (χ1v) is 10.8. The van der Waals surface area contributed by atoms with Crippen LogP contribution in [0.1, 0.15) is 30.4 Å². The Hall–Kier alpha value is -2.77. The van der Waals surface area contributed by atoms with Crippen molar-refractivity contribution in [2.45, 2.75) is 39.2 Å². The number of halogens is 1. The van der Waals surface area contributed by atoms with Crippen LogP contribution in [-0.2, 0) is 9.47 Å². The summed E-state index contributed by atoms with van der Waals surface area (Å²) in [6.45, 7) is 6.27. The number of ether oxygens (including phenoxy) is 2. The molecule has 1 heterocycles. The van der Waals surface area contributed by atoms with Crippen LogP contribution in [0.25, 0.3) is 0 Å². The molecule has 1 unspecified atom stereocenters. The molecule has 32 heavy (non-hydrogen) atoms. The highest BCUT2D eigenvalue weighted by Crippen LogP contribution is 2.19. The smallest absolute Gasteiger partial charge is 0.412 e. The monoisotopic (exact) mass is 461 g/mol. The Balaban J connectivity index is 0.00000363. The molecular weight excluding hydrogens is 430 g/mol. The number of para-hydroxylation sites is 2. The van der Waals surface area contributed by atoms with Gasteiger partial charge in [0.1, 0.15) is 6.61 Å². The minimum Gasteiger partial charge on any atom is -0.445 e. The number of nitrogens with zero attached hydrogens (tertiary/aromatic N) is 1. The summed E-state index contributed by atoms with van der Waals surface area (Å²) in [5, 5.41) is 5.52. The first-order valence-electron chi connectivity index (χ1n) is 10.8. The van der Waals surface area contributed by atoms with Gasteiger partial charge in [0.2, 0.25) is 0 Å². The van der Waals surface area contributed by atoms with Crippen LogP contribution < -0.4 is 10.6 Å². The molecule has 1 aliphatic rings. The van der Waals surface area contributed by atoms with Gasteiger partial charge in [-0.15, -0.1) is 12.4 Å². The first kappa shape index (κ1) is 25.5. The zero-order valence-corrected chi connectivity index (χ0v) is 19.5. The molecule has 0 bridgehead atoms. The summed E-state index contributed by atoms with van der Waals surface area (Å²) < 4.78 is 11.0. The van der Waals surface area contributed by atoms with Crippen molar-refractivity contribution in [1.29, 1.82) is 0 Å². The van der Waals surface area contributed by atoms with Crippen molar-refractivity contribution in [3.8, 4) is 0 Å². The molecule has 174 valence electrons. The van der Waals surface area contributed by atoms with Crippen LogP contribution in [0, 0.1) is 13.8 Å². The van der Waals surface area contributed by atoms with Crippen molar-refractivity contribution in [2.24, 2.45) is 0 Å². The Morgan fingerprint density at radius 1 is 0.906 bits per heavy atom. The third kappa shape index (κ3) is 8.05. The predicted octanol–water partition coefficient (Wildman–Crippen LogP) is 5.38. The fourth-order valence-electron chi connectivity index (χ4n) is 3.69. The van der Waals surface area contributed by atoms with E-state index in [4.69, 9.17) is 9.47 Å². The van der Waals surface area contributed by atoms with Gasteiger partial charge >= 0.3 is 12.2 Å². The summed E-state index contributed by atoms with van der Waals surface area (Å²) in [5.74, 6) is 0. The van der Waals surface area contributed by atoms with Crippen LogP contribution in [0.3, 0.4) is 0 Å². The number of nitrogens with one attached hydrogen (secondary N) is 2. The molecule has 2 aromatic rings. The summed E-state index contributed by atoms with van der Waals surface area (Å²) in [5.41, 5.74) is 3.31. The van der Waals surface area contributed by atoms with E-state index in [2.05, 4.69) is 15.5 Å². The van der Waals surface area contributed by atoms with Gasteiger partial charge in [0.05, 0.1) is 0 Å². The molecule has 0 spiro atoms. The highest BCUT2D eigenvalue weighted by Gasteiger charge is 2.22. The van der Waals surface area contributed by atoms with Gasteiger partial charge in [0, 0.05) is 17.9 Å². The fraction of sp³-hybridized carbons (Fsp3) is 0.417. The maximum Gasteiger partial charge on any atom is 0.412 e. The zero-order chi connectivity index (χ0) is 22.1. The molecule has 7 nitrogen and oxygen atoms in total. The molecule has 1 aliphatic heterocycles. The Kier molecular flexibility index (Phi) is 10.3. The van der Waals surface area contributed by atoms with E-state index in [1.165, 1.54) is 6.42 Å². The number of hydrogen-bond acceptors (Lipinski definition) is 5. The Labute approximate surface area is 195 Å². The zero-order valence-electron chi connectivity index (χ0n) is 18.6. The lowest BCUT2D eigenvalue weighted by Gasteiger charge is -2.30.